The summed E-state index contributed by atoms with van der Waals surface area (Å²) in [5.41, 5.74) is 0. The van der Waals surface area contributed by atoms with E-state index in [1.165, 1.54) is 167 Å². The van der Waals surface area contributed by atoms with Crippen LogP contribution in [0.3, 0.4) is 0 Å². The molecule has 2 atom stereocenters. The molecule has 0 bridgehead atoms. The van der Waals surface area contributed by atoms with Crippen molar-refractivity contribution in [3.63, 3.8) is 0 Å². The lowest BCUT2D eigenvalue weighted by Gasteiger charge is -2.24. The zero-order valence-corrected chi connectivity index (χ0v) is 44.8. The highest BCUT2D eigenvalue weighted by atomic mass is 31.2. The molecule has 388 valence electrons. The van der Waals surface area contributed by atoms with Gasteiger partial charge in [-0.1, -0.05) is 237 Å². The highest BCUT2D eigenvalue weighted by Gasteiger charge is 2.27. The SMILES string of the molecule is CC/C=C\C/C=C\C/C=C\CCCCCC(=O)OC(COC(=O)CCCCCCCCCCCCCCCCCCCCCCCCCCCCCCC)COP(=O)(O)OCC[N+](C)(C)C. The first-order valence-corrected chi connectivity index (χ1v) is 29.2. The third-order valence-corrected chi connectivity index (χ3v) is 13.2. The molecule has 0 aliphatic rings. The minimum atomic E-state index is -4.39. The molecule has 0 aromatic rings. The van der Waals surface area contributed by atoms with Crippen molar-refractivity contribution in [3.05, 3.63) is 36.5 Å². The van der Waals surface area contributed by atoms with Gasteiger partial charge in [0.25, 0.3) is 0 Å². The fourth-order valence-corrected chi connectivity index (χ4v) is 8.66. The van der Waals surface area contributed by atoms with E-state index in [-0.39, 0.29) is 32.0 Å². The molecule has 0 saturated carbocycles. The van der Waals surface area contributed by atoms with Gasteiger partial charge < -0.3 is 18.9 Å². The van der Waals surface area contributed by atoms with E-state index in [1.807, 2.05) is 21.1 Å². The number of unbranched alkanes of at least 4 members (excludes halogenated alkanes) is 31. The first-order valence-electron chi connectivity index (χ1n) is 27.7. The molecular formula is C56H107NO8P+. The van der Waals surface area contributed by atoms with Gasteiger partial charge in [0, 0.05) is 12.8 Å². The summed E-state index contributed by atoms with van der Waals surface area (Å²) in [6.07, 6.45) is 58.1. The van der Waals surface area contributed by atoms with Crippen LogP contribution in [-0.4, -0.2) is 74.9 Å². The van der Waals surface area contributed by atoms with E-state index in [0.717, 1.165) is 57.8 Å². The van der Waals surface area contributed by atoms with Crippen LogP contribution in [0.5, 0.6) is 0 Å². The molecule has 0 aliphatic carbocycles. The number of allylic oxidation sites excluding steroid dienone is 6. The number of quaternary nitrogens is 1. The first kappa shape index (κ1) is 64.2. The Labute approximate surface area is 408 Å². The van der Waals surface area contributed by atoms with E-state index in [0.29, 0.717) is 17.4 Å². The third kappa shape index (κ3) is 51.6. The van der Waals surface area contributed by atoms with Gasteiger partial charge in [0.1, 0.15) is 19.8 Å². The van der Waals surface area contributed by atoms with Crippen LogP contribution in [0.2, 0.25) is 0 Å². The van der Waals surface area contributed by atoms with Crippen molar-refractivity contribution in [1.82, 2.24) is 0 Å². The summed E-state index contributed by atoms with van der Waals surface area (Å²) in [6.45, 7) is 4.31. The average molecular weight is 953 g/mol. The second-order valence-corrected chi connectivity index (χ2v) is 21.4. The highest BCUT2D eigenvalue weighted by Crippen LogP contribution is 2.43. The molecule has 9 nitrogen and oxygen atoms in total. The number of nitrogens with zero attached hydrogens (tertiary/aromatic N) is 1. The number of esters is 2. The number of carbonyl (C=O) groups is 2. The summed E-state index contributed by atoms with van der Waals surface area (Å²) in [5, 5.41) is 0. The molecule has 0 spiro atoms. The minimum absolute atomic E-state index is 0.0267. The Bertz CT molecular complexity index is 1210. The van der Waals surface area contributed by atoms with Gasteiger partial charge >= 0.3 is 19.8 Å². The standard InChI is InChI=1S/C56H106NO8P/c1-6-8-10-12-14-16-18-20-21-22-23-24-25-26-27-28-29-30-31-32-33-34-35-37-38-40-42-44-46-48-55(58)62-52-54(53-64-66(60,61)63-51-50-57(3,4)5)65-56(59)49-47-45-43-41-39-36-19-17-15-13-11-9-7-2/h9,11,15,17,36,39,54H,6-8,10,12-14,16,18-35,37-38,40-53H2,1-5H3/p+1/b11-9-,17-15-,39-36-. The van der Waals surface area contributed by atoms with Crippen LogP contribution in [0, 0.1) is 0 Å². The lowest BCUT2D eigenvalue weighted by atomic mass is 10.0. The molecule has 0 aromatic carbocycles. The van der Waals surface area contributed by atoms with Crippen molar-refractivity contribution in [2.45, 2.75) is 264 Å². The summed E-state index contributed by atoms with van der Waals surface area (Å²) in [7, 11) is 1.46. The van der Waals surface area contributed by atoms with Crippen molar-refractivity contribution >= 4 is 19.8 Å². The summed E-state index contributed by atoms with van der Waals surface area (Å²) in [5.74, 6) is -0.823. The van der Waals surface area contributed by atoms with Crippen LogP contribution in [0.25, 0.3) is 0 Å². The molecule has 10 heteroatoms. The Morgan fingerprint density at radius 2 is 0.864 bits per heavy atom. The predicted molar refractivity (Wildman–Crippen MR) is 280 cm³/mol. The van der Waals surface area contributed by atoms with Crippen LogP contribution >= 0.6 is 7.82 Å². The van der Waals surface area contributed by atoms with E-state index < -0.39 is 26.5 Å². The summed E-state index contributed by atoms with van der Waals surface area (Å²) in [6, 6.07) is 0. The average Bonchev–Trinajstić information content (AvgIpc) is 3.27. The quantitative estimate of drug-likeness (QED) is 0.0211. The van der Waals surface area contributed by atoms with Crippen molar-refractivity contribution in [2.24, 2.45) is 0 Å². The number of carbonyl (C=O) groups excluding carboxylic acids is 2. The Hall–Kier alpha value is -1.77. The normalized spacial score (nSPS) is 13.6. The molecule has 2 unspecified atom stereocenters. The zero-order valence-electron chi connectivity index (χ0n) is 43.9. The van der Waals surface area contributed by atoms with Crippen LogP contribution < -0.4 is 0 Å². The van der Waals surface area contributed by atoms with Gasteiger partial charge in [0.05, 0.1) is 27.7 Å². The summed E-state index contributed by atoms with van der Waals surface area (Å²) in [4.78, 5) is 35.5. The summed E-state index contributed by atoms with van der Waals surface area (Å²) < 4.78 is 34.4. The van der Waals surface area contributed by atoms with Crippen LogP contribution in [0.4, 0.5) is 0 Å². The number of ether oxygens (including phenoxy) is 2. The van der Waals surface area contributed by atoms with Crippen LogP contribution in [0.15, 0.2) is 36.5 Å². The third-order valence-electron chi connectivity index (χ3n) is 12.2. The molecule has 0 heterocycles. The van der Waals surface area contributed by atoms with Crippen molar-refractivity contribution in [1.29, 1.82) is 0 Å². The Kier molecular flexibility index (Phi) is 47.0. The largest absolute Gasteiger partial charge is 0.472 e. The fraction of sp³-hybridized carbons (Fsp3) is 0.857. The molecule has 0 rings (SSSR count). The second-order valence-electron chi connectivity index (χ2n) is 19.9. The molecule has 0 aliphatic heterocycles. The lowest BCUT2D eigenvalue weighted by Crippen LogP contribution is -2.37. The Balaban J connectivity index is 4.03. The number of rotatable bonds is 51. The predicted octanol–water partition coefficient (Wildman–Crippen LogP) is 16.8. The molecule has 1 N–H and O–H groups in total. The van der Waals surface area contributed by atoms with Crippen LogP contribution in [0.1, 0.15) is 258 Å². The van der Waals surface area contributed by atoms with Gasteiger partial charge in [-0.25, -0.2) is 4.57 Å². The van der Waals surface area contributed by atoms with E-state index in [9.17, 15) is 19.0 Å². The molecular weight excluding hydrogens is 846 g/mol. The van der Waals surface area contributed by atoms with E-state index in [1.54, 1.807) is 0 Å². The van der Waals surface area contributed by atoms with Gasteiger partial charge in [-0.3, -0.25) is 18.6 Å². The smallest absolute Gasteiger partial charge is 0.462 e. The number of phosphoric ester groups is 1. The number of hydrogen-bond donors (Lipinski definition) is 1. The molecule has 0 saturated heterocycles. The molecule has 0 fully saturated rings. The van der Waals surface area contributed by atoms with Gasteiger partial charge in [-0.2, -0.15) is 0 Å². The number of likely N-dealkylation sites (N-methyl/N-ethyl adjacent to an activating group) is 1. The fourth-order valence-electron chi connectivity index (χ4n) is 7.91. The van der Waals surface area contributed by atoms with Gasteiger partial charge in [0.2, 0.25) is 0 Å². The van der Waals surface area contributed by atoms with E-state index in [4.69, 9.17) is 18.5 Å². The summed E-state index contributed by atoms with van der Waals surface area (Å²) >= 11 is 0. The van der Waals surface area contributed by atoms with Gasteiger partial charge in [-0.15, -0.1) is 0 Å². The molecule has 0 radical (unpaired) electrons. The van der Waals surface area contributed by atoms with Crippen molar-refractivity contribution in [2.75, 3.05) is 47.5 Å². The number of hydrogen-bond acceptors (Lipinski definition) is 7. The Morgan fingerprint density at radius 1 is 0.485 bits per heavy atom. The van der Waals surface area contributed by atoms with E-state index in [2.05, 4.69) is 50.3 Å². The maximum absolute atomic E-state index is 12.7. The van der Waals surface area contributed by atoms with Gasteiger partial charge in [-0.05, 0) is 44.9 Å². The Morgan fingerprint density at radius 3 is 1.29 bits per heavy atom. The molecule has 0 aromatic heterocycles. The minimum Gasteiger partial charge on any atom is -0.462 e. The maximum atomic E-state index is 12.7. The van der Waals surface area contributed by atoms with Crippen LogP contribution in [-0.2, 0) is 32.7 Å². The van der Waals surface area contributed by atoms with Gasteiger partial charge in [0.15, 0.2) is 6.10 Å². The highest BCUT2D eigenvalue weighted by molar-refractivity contribution is 7.47. The second kappa shape index (κ2) is 48.3. The molecule has 66 heavy (non-hydrogen) atoms. The zero-order chi connectivity index (χ0) is 48.5. The topological polar surface area (TPSA) is 108 Å². The number of phosphoric acid groups is 1. The van der Waals surface area contributed by atoms with E-state index >= 15 is 0 Å². The first-order chi connectivity index (χ1) is 32.0. The monoisotopic (exact) mass is 953 g/mol. The molecule has 0 amide bonds. The van der Waals surface area contributed by atoms with Crippen molar-refractivity contribution in [3.8, 4) is 0 Å². The van der Waals surface area contributed by atoms with Crippen molar-refractivity contribution < 1.29 is 42.1 Å². The lowest BCUT2D eigenvalue weighted by molar-refractivity contribution is -0.870. The maximum Gasteiger partial charge on any atom is 0.472 e.